The second kappa shape index (κ2) is 7.29. The van der Waals surface area contributed by atoms with Gasteiger partial charge >= 0.3 is 0 Å². The van der Waals surface area contributed by atoms with Crippen molar-refractivity contribution >= 4 is 11.8 Å². The van der Waals surface area contributed by atoms with Crippen molar-refractivity contribution < 1.29 is 14.0 Å². The first-order valence-electron chi connectivity index (χ1n) is 8.16. The average Bonchev–Trinajstić information content (AvgIpc) is 3.06. The number of hydrogen-bond donors (Lipinski definition) is 1. The molecule has 6 heteroatoms. The lowest BCUT2D eigenvalue weighted by Crippen LogP contribution is -2.45. The topological polar surface area (TPSA) is 75.4 Å². The molecule has 126 valence electrons. The Hall–Kier alpha value is -2.63. The van der Waals surface area contributed by atoms with Crippen LogP contribution < -0.4 is 5.32 Å². The summed E-state index contributed by atoms with van der Waals surface area (Å²) in [6.45, 7) is 3.30. The Morgan fingerprint density at radius 3 is 2.96 bits per heavy atom. The fourth-order valence-electron chi connectivity index (χ4n) is 2.98. The molecule has 1 aliphatic heterocycles. The Balaban J connectivity index is 1.58. The lowest BCUT2D eigenvalue weighted by Gasteiger charge is -2.32. The number of furan rings is 1. The molecule has 0 unspecified atom stereocenters. The van der Waals surface area contributed by atoms with Crippen molar-refractivity contribution in [1.82, 2.24) is 15.2 Å². The molecule has 24 heavy (non-hydrogen) atoms. The van der Waals surface area contributed by atoms with Crippen LogP contribution in [0.5, 0.6) is 0 Å². The van der Waals surface area contributed by atoms with Gasteiger partial charge in [0.2, 0.25) is 5.91 Å². The van der Waals surface area contributed by atoms with Crippen LogP contribution in [-0.2, 0) is 11.3 Å². The zero-order valence-electron chi connectivity index (χ0n) is 13.7. The summed E-state index contributed by atoms with van der Waals surface area (Å²) >= 11 is 0. The molecule has 0 saturated carbocycles. The van der Waals surface area contributed by atoms with Crippen molar-refractivity contribution in [3.05, 3.63) is 53.7 Å². The van der Waals surface area contributed by atoms with Crippen molar-refractivity contribution in [3.8, 4) is 0 Å². The molecule has 0 radical (unpaired) electrons. The Bertz CT molecular complexity index is 711. The first-order chi connectivity index (χ1) is 11.6. The molecule has 1 fully saturated rings. The van der Waals surface area contributed by atoms with E-state index in [1.807, 2.05) is 18.2 Å². The number of rotatable bonds is 4. The fraction of sp³-hybridized carbons (Fsp3) is 0.389. The molecular weight excluding hydrogens is 306 g/mol. The van der Waals surface area contributed by atoms with E-state index in [4.69, 9.17) is 4.42 Å². The van der Waals surface area contributed by atoms with Gasteiger partial charge in [-0.25, -0.2) is 0 Å². The molecule has 0 spiro atoms. The van der Waals surface area contributed by atoms with Crippen LogP contribution in [0, 0.1) is 12.8 Å². The first-order valence-corrected chi connectivity index (χ1v) is 8.16. The van der Waals surface area contributed by atoms with E-state index in [0.717, 1.165) is 18.5 Å². The fourth-order valence-corrected chi connectivity index (χ4v) is 2.98. The van der Waals surface area contributed by atoms with Crippen molar-refractivity contribution in [2.24, 2.45) is 5.92 Å². The number of amides is 2. The van der Waals surface area contributed by atoms with Crippen LogP contribution in [0.2, 0.25) is 0 Å². The molecule has 0 aromatic carbocycles. The SMILES string of the molecule is Cc1occc1C(=O)N1CCC[C@@H](C(=O)NCc2ccccn2)C1. The van der Waals surface area contributed by atoms with Crippen molar-refractivity contribution in [1.29, 1.82) is 0 Å². The lowest BCUT2D eigenvalue weighted by molar-refractivity contribution is -0.126. The van der Waals surface area contributed by atoms with Gasteiger partial charge < -0.3 is 14.6 Å². The number of nitrogens with one attached hydrogen (secondary N) is 1. The zero-order chi connectivity index (χ0) is 16.9. The van der Waals surface area contributed by atoms with Crippen LogP contribution in [0.15, 0.2) is 41.1 Å². The third-order valence-corrected chi connectivity index (χ3v) is 4.34. The number of carbonyl (C=O) groups is 2. The molecule has 2 amide bonds. The zero-order valence-corrected chi connectivity index (χ0v) is 13.7. The lowest BCUT2D eigenvalue weighted by atomic mass is 9.96. The summed E-state index contributed by atoms with van der Waals surface area (Å²) in [6, 6.07) is 7.29. The van der Waals surface area contributed by atoms with Gasteiger partial charge in [0.05, 0.1) is 30.0 Å². The van der Waals surface area contributed by atoms with E-state index in [9.17, 15) is 9.59 Å². The van der Waals surface area contributed by atoms with Crippen molar-refractivity contribution in [2.75, 3.05) is 13.1 Å². The number of nitrogens with zero attached hydrogens (tertiary/aromatic N) is 2. The predicted octanol–water partition coefficient (Wildman–Crippen LogP) is 2.15. The number of aromatic nitrogens is 1. The van der Waals surface area contributed by atoms with E-state index in [-0.39, 0.29) is 17.7 Å². The maximum Gasteiger partial charge on any atom is 0.257 e. The molecule has 1 saturated heterocycles. The van der Waals surface area contributed by atoms with E-state index in [2.05, 4.69) is 10.3 Å². The molecule has 0 bridgehead atoms. The van der Waals surface area contributed by atoms with Gasteiger partial charge in [0.15, 0.2) is 0 Å². The maximum absolute atomic E-state index is 12.6. The van der Waals surface area contributed by atoms with Crippen molar-refractivity contribution in [3.63, 3.8) is 0 Å². The number of likely N-dealkylation sites (tertiary alicyclic amines) is 1. The molecule has 3 rings (SSSR count). The smallest absolute Gasteiger partial charge is 0.257 e. The molecule has 1 N–H and O–H groups in total. The van der Waals surface area contributed by atoms with Crippen LogP contribution in [0.4, 0.5) is 0 Å². The summed E-state index contributed by atoms with van der Waals surface area (Å²) in [4.78, 5) is 30.9. The van der Waals surface area contributed by atoms with Gasteiger partial charge in [-0.1, -0.05) is 6.07 Å². The number of piperidine rings is 1. The predicted molar refractivity (Wildman–Crippen MR) is 88.2 cm³/mol. The van der Waals surface area contributed by atoms with E-state index in [1.54, 1.807) is 24.1 Å². The minimum atomic E-state index is -0.182. The van der Waals surface area contributed by atoms with Gasteiger partial charge in [0.1, 0.15) is 5.76 Å². The van der Waals surface area contributed by atoms with E-state index >= 15 is 0 Å². The minimum absolute atomic E-state index is 0.0259. The van der Waals surface area contributed by atoms with Crippen LogP contribution >= 0.6 is 0 Å². The normalized spacial score (nSPS) is 17.5. The quantitative estimate of drug-likeness (QED) is 0.933. The standard InChI is InChI=1S/C18H21N3O3/c1-13-16(7-10-24-13)18(23)21-9-4-5-14(12-21)17(22)20-11-15-6-2-3-8-19-15/h2-3,6-8,10,14H,4-5,9,11-12H2,1H3,(H,20,22)/t14-/m1/s1. The third-order valence-electron chi connectivity index (χ3n) is 4.34. The highest BCUT2D eigenvalue weighted by atomic mass is 16.3. The van der Waals surface area contributed by atoms with Gasteiger partial charge in [-0.05, 0) is 38.0 Å². The van der Waals surface area contributed by atoms with E-state index in [1.165, 1.54) is 6.26 Å². The summed E-state index contributed by atoms with van der Waals surface area (Å²) in [7, 11) is 0. The molecular formula is C18H21N3O3. The van der Waals surface area contributed by atoms with Crippen LogP contribution in [-0.4, -0.2) is 34.8 Å². The van der Waals surface area contributed by atoms with Gasteiger partial charge in [0, 0.05) is 19.3 Å². The molecule has 6 nitrogen and oxygen atoms in total. The summed E-state index contributed by atoms with van der Waals surface area (Å²) < 4.78 is 5.20. The third kappa shape index (κ3) is 3.64. The molecule has 1 aliphatic rings. The van der Waals surface area contributed by atoms with Gasteiger partial charge in [0.25, 0.3) is 5.91 Å². The van der Waals surface area contributed by atoms with E-state index in [0.29, 0.717) is 31.0 Å². The first kappa shape index (κ1) is 16.2. The monoisotopic (exact) mass is 327 g/mol. The Labute approximate surface area is 140 Å². The summed E-state index contributed by atoms with van der Waals surface area (Å²) in [5, 5.41) is 2.92. The number of pyridine rings is 1. The minimum Gasteiger partial charge on any atom is -0.469 e. The highest BCUT2D eigenvalue weighted by molar-refractivity contribution is 5.95. The molecule has 0 aliphatic carbocycles. The van der Waals surface area contributed by atoms with Crippen LogP contribution in [0.1, 0.15) is 34.7 Å². The van der Waals surface area contributed by atoms with Gasteiger partial charge in [-0.3, -0.25) is 14.6 Å². The number of hydrogen-bond acceptors (Lipinski definition) is 4. The highest BCUT2D eigenvalue weighted by Crippen LogP contribution is 2.20. The van der Waals surface area contributed by atoms with Crippen LogP contribution in [0.3, 0.4) is 0 Å². The second-order valence-electron chi connectivity index (χ2n) is 6.02. The summed E-state index contributed by atoms with van der Waals surface area (Å²) in [5.41, 5.74) is 1.40. The summed E-state index contributed by atoms with van der Waals surface area (Å²) in [5.74, 6) is 0.339. The van der Waals surface area contributed by atoms with Gasteiger partial charge in [-0.2, -0.15) is 0 Å². The Kier molecular flexibility index (Phi) is 4.93. The summed E-state index contributed by atoms with van der Waals surface area (Å²) in [6.07, 6.45) is 4.84. The molecule has 1 atom stereocenters. The average molecular weight is 327 g/mol. The number of aryl methyl sites for hydroxylation is 1. The highest BCUT2D eigenvalue weighted by Gasteiger charge is 2.29. The van der Waals surface area contributed by atoms with Crippen LogP contribution in [0.25, 0.3) is 0 Å². The van der Waals surface area contributed by atoms with E-state index < -0.39 is 0 Å². The maximum atomic E-state index is 12.6. The number of carbonyl (C=O) groups excluding carboxylic acids is 2. The second-order valence-corrected chi connectivity index (χ2v) is 6.02. The molecule has 2 aromatic heterocycles. The largest absolute Gasteiger partial charge is 0.469 e. The van der Waals surface area contributed by atoms with Crippen molar-refractivity contribution in [2.45, 2.75) is 26.3 Å². The Morgan fingerprint density at radius 2 is 2.25 bits per heavy atom. The molecule has 2 aromatic rings. The Morgan fingerprint density at radius 1 is 1.38 bits per heavy atom. The van der Waals surface area contributed by atoms with Gasteiger partial charge in [-0.15, -0.1) is 0 Å². The molecule has 3 heterocycles.